The zero-order chi connectivity index (χ0) is 24.1. The van der Waals surface area contributed by atoms with E-state index in [0.29, 0.717) is 25.1 Å². The minimum Gasteiger partial charge on any atom is -0.338 e. The Morgan fingerprint density at radius 3 is 2.66 bits per heavy atom. The topological polar surface area (TPSA) is 88.8 Å². The van der Waals surface area contributed by atoms with E-state index in [1.54, 1.807) is 6.92 Å². The van der Waals surface area contributed by atoms with E-state index in [2.05, 4.69) is 45.8 Å². The summed E-state index contributed by atoms with van der Waals surface area (Å²) in [5, 5.41) is 5.55. The fraction of sp³-hybridized carbons (Fsp3) is 0.444. The number of fused-ring (bicyclic) bond motifs is 4. The first-order valence-corrected chi connectivity index (χ1v) is 12.6. The number of nitrogens with one attached hydrogen (secondary N) is 1. The third-order valence-corrected chi connectivity index (χ3v) is 7.72. The highest BCUT2D eigenvalue weighted by molar-refractivity contribution is 6.06. The lowest BCUT2D eigenvalue weighted by Crippen LogP contribution is -2.36. The maximum atomic E-state index is 11.9. The zero-order valence-corrected chi connectivity index (χ0v) is 20.5. The molecule has 180 valence electrons. The summed E-state index contributed by atoms with van der Waals surface area (Å²) in [4.78, 5) is 32.7. The van der Waals surface area contributed by atoms with Crippen LogP contribution in [0.1, 0.15) is 69.7 Å². The number of hydrogen-bond acceptors (Lipinski definition) is 6. The number of rotatable bonds is 3. The second-order valence-electron chi connectivity index (χ2n) is 10.3. The molecule has 6 rings (SSSR count). The van der Waals surface area contributed by atoms with Gasteiger partial charge in [-0.3, -0.25) is 9.78 Å². The van der Waals surface area contributed by atoms with Crippen LogP contribution in [0, 0.1) is 5.92 Å². The highest BCUT2D eigenvalue weighted by Gasteiger charge is 2.26. The van der Waals surface area contributed by atoms with Gasteiger partial charge >= 0.3 is 0 Å². The van der Waals surface area contributed by atoms with E-state index in [-0.39, 0.29) is 11.8 Å². The van der Waals surface area contributed by atoms with Gasteiger partial charge in [-0.05, 0) is 49.3 Å². The van der Waals surface area contributed by atoms with E-state index in [1.165, 1.54) is 12.8 Å². The number of hydrogen-bond donors (Lipinski definition) is 1. The van der Waals surface area contributed by atoms with Crippen molar-refractivity contribution < 1.29 is 4.79 Å². The van der Waals surface area contributed by atoms with Crippen molar-refractivity contribution in [3.8, 4) is 0 Å². The Hall–Kier alpha value is -3.55. The van der Waals surface area contributed by atoms with Gasteiger partial charge in [-0.2, -0.15) is 4.98 Å². The number of anilines is 2. The summed E-state index contributed by atoms with van der Waals surface area (Å²) in [5.74, 6) is 2.33. The molecule has 8 nitrogen and oxygen atoms in total. The quantitative estimate of drug-likeness (QED) is 0.436. The molecule has 4 aromatic rings. The molecule has 0 saturated heterocycles. The molecule has 1 amide bonds. The van der Waals surface area contributed by atoms with Gasteiger partial charge in [-0.15, -0.1) is 0 Å². The van der Waals surface area contributed by atoms with E-state index < -0.39 is 0 Å². The molecule has 1 saturated carbocycles. The third-order valence-electron chi connectivity index (χ3n) is 7.72. The van der Waals surface area contributed by atoms with Crippen molar-refractivity contribution in [2.75, 3.05) is 11.9 Å². The average molecular weight is 470 g/mol. The number of amides is 1. The van der Waals surface area contributed by atoms with E-state index in [1.807, 2.05) is 29.6 Å². The molecule has 8 heteroatoms. The Kier molecular flexibility index (Phi) is 5.39. The highest BCUT2D eigenvalue weighted by Crippen LogP contribution is 2.38. The highest BCUT2D eigenvalue weighted by atomic mass is 16.2. The van der Waals surface area contributed by atoms with Crippen LogP contribution >= 0.6 is 0 Å². The van der Waals surface area contributed by atoms with Crippen molar-refractivity contribution >= 4 is 39.6 Å². The van der Waals surface area contributed by atoms with Crippen LogP contribution in [0.4, 0.5) is 11.8 Å². The second kappa shape index (κ2) is 8.59. The maximum absolute atomic E-state index is 11.9. The Morgan fingerprint density at radius 1 is 1.03 bits per heavy atom. The van der Waals surface area contributed by atoms with Crippen molar-refractivity contribution in [1.82, 2.24) is 29.4 Å². The zero-order valence-electron chi connectivity index (χ0n) is 20.5. The van der Waals surface area contributed by atoms with Crippen molar-refractivity contribution in [2.45, 2.75) is 65.0 Å². The molecule has 0 radical (unpaired) electrons. The minimum absolute atomic E-state index is 0.101. The number of aromatic nitrogens is 5. The largest absolute Gasteiger partial charge is 0.338 e. The molecule has 1 fully saturated rings. The molecule has 1 aliphatic carbocycles. The van der Waals surface area contributed by atoms with Crippen LogP contribution in [0.25, 0.3) is 21.9 Å². The van der Waals surface area contributed by atoms with Crippen molar-refractivity contribution in [3.63, 3.8) is 0 Å². The average Bonchev–Trinajstić information content (AvgIpc) is 3.18. The molecule has 0 spiro atoms. The molecule has 0 bridgehead atoms. The monoisotopic (exact) mass is 469 g/mol. The van der Waals surface area contributed by atoms with Crippen LogP contribution in [0.2, 0.25) is 0 Å². The van der Waals surface area contributed by atoms with Crippen molar-refractivity contribution in [2.24, 2.45) is 5.92 Å². The van der Waals surface area contributed by atoms with Crippen LogP contribution in [-0.4, -0.2) is 41.9 Å². The predicted molar refractivity (Wildman–Crippen MR) is 137 cm³/mol. The first-order valence-electron chi connectivity index (χ1n) is 12.6. The number of carbonyl (C=O) groups is 1. The number of carbonyl (C=O) groups excluding carboxylic acids is 1. The van der Waals surface area contributed by atoms with Gasteiger partial charge in [0.05, 0.1) is 17.4 Å². The minimum atomic E-state index is 0.101. The molecule has 1 atom stereocenters. The van der Waals surface area contributed by atoms with E-state index in [0.717, 1.165) is 57.8 Å². The summed E-state index contributed by atoms with van der Waals surface area (Å²) in [7, 11) is 0. The molecular formula is C27H31N7O. The number of pyridine rings is 2. The molecule has 0 aromatic carbocycles. The maximum Gasteiger partial charge on any atom is 0.230 e. The Bertz CT molecular complexity index is 1420. The lowest BCUT2D eigenvalue weighted by atomic mass is 9.87. The molecule has 2 aliphatic rings. The summed E-state index contributed by atoms with van der Waals surface area (Å²) in [6.07, 6.45) is 10.5. The molecule has 1 N–H and O–H groups in total. The van der Waals surface area contributed by atoms with Crippen LogP contribution < -0.4 is 5.32 Å². The van der Waals surface area contributed by atoms with Gasteiger partial charge in [0.15, 0.2) is 0 Å². The van der Waals surface area contributed by atoms with Crippen molar-refractivity contribution in [3.05, 3.63) is 48.0 Å². The smallest absolute Gasteiger partial charge is 0.230 e. The van der Waals surface area contributed by atoms with Gasteiger partial charge in [0.25, 0.3) is 0 Å². The normalized spacial score (nSPS) is 22.4. The molecular weight excluding hydrogens is 438 g/mol. The third kappa shape index (κ3) is 3.90. The fourth-order valence-corrected chi connectivity index (χ4v) is 5.77. The summed E-state index contributed by atoms with van der Waals surface area (Å²) in [6, 6.07) is 6.49. The first-order chi connectivity index (χ1) is 17.0. The van der Waals surface area contributed by atoms with Gasteiger partial charge in [0.2, 0.25) is 11.9 Å². The van der Waals surface area contributed by atoms with Crippen molar-refractivity contribution in [1.29, 1.82) is 0 Å². The summed E-state index contributed by atoms with van der Waals surface area (Å²) in [6.45, 7) is 7.38. The van der Waals surface area contributed by atoms with E-state index in [9.17, 15) is 4.79 Å². The Balaban J connectivity index is 1.36. The standard InChI is InChI=1S/C27H31N7O/c1-16-4-7-20(8-5-16)34-23-13-28-11-10-21(23)22-12-29-27(32-26(22)34)31-24-9-6-19-15-33(18(3)35)14-17(2)25(19)30-24/h6,9-13,16-17,20H,4-5,7-8,14-15H2,1-3H3,(H,29,30,31,32)/t16-,17?,20-. The lowest BCUT2D eigenvalue weighted by molar-refractivity contribution is -0.130. The van der Waals surface area contributed by atoms with Gasteiger partial charge in [0, 0.05) is 55.1 Å². The SMILES string of the molecule is CC(=O)N1Cc2ccc(Nc3ncc4c5ccncc5n([C@H]5CC[C@H](C)CC5)c4n3)nc2C(C)C1. The van der Waals surface area contributed by atoms with Crippen LogP contribution in [0.5, 0.6) is 0 Å². The number of nitrogens with zero attached hydrogens (tertiary/aromatic N) is 6. The molecule has 1 aliphatic heterocycles. The Labute approximate surface area is 204 Å². The van der Waals surface area contributed by atoms with Gasteiger partial charge in [-0.25, -0.2) is 9.97 Å². The molecule has 5 heterocycles. The fourth-order valence-electron chi connectivity index (χ4n) is 5.77. The van der Waals surface area contributed by atoms with Gasteiger partial charge < -0.3 is 14.8 Å². The van der Waals surface area contributed by atoms with Crippen LogP contribution in [-0.2, 0) is 11.3 Å². The van der Waals surface area contributed by atoms with E-state index in [4.69, 9.17) is 9.97 Å². The lowest BCUT2D eigenvalue weighted by Gasteiger charge is -2.31. The van der Waals surface area contributed by atoms with Gasteiger partial charge in [-0.1, -0.05) is 19.9 Å². The van der Waals surface area contributed by atoms with Crippen LogP contribution in [0.3, 0.4) is 0 Å². The predicted octanol–water partition coefficient (Wildman–Crippen LogP) is 5.33. The van der Waals surface area contributed by atoms with Gasteiger partial charge in [0.1, 0.15) is 11.5 Å². The summed E-state index contributed by atoms with van der Waals surface area (Å²) in [5.41, 5.74) is 4.21. The molecule has 1 unspecified atom stereocenters. The van der Waals surface area contributed by atoms with Crippen LogP contribution in [0.15, 0.2) is 36.8 Å². The second-order valence-corrected chi connectivity index (χ2v) is 10.3. The summed E-state index contributed by atoms with van der Waals surface area (Å²) >= 11 is 0. The molecule has 35 heavy (non-hydrogen) atoms. The summed E-state index contributed by atoms with van der Waals surface area (Å²) < 4.78 is 2.38. The van der Waals surface area contributed by atoms with E-state index >= 15 is 0 Å². The molecule has 4 aromatic heterocycles. The Morgan fingerprint density at radius 2 is 1.86 bits per heavy atom. The first kappa shape index (κ1) is 21.9.